The Labute approximate surface area is 308 Å². The number of hydrogen-bond acceptors (Lipinski definition) is 2. The molecule has 0 amide bonds. The molecule has 0 aliphatic rings. The highest BCUT2D eigenvalue weighted by Gasteiger charge is 2.21. The maximum absolute atomic E-state index is 6.51. The van der Waals surface area contributed by atoms with E-state index < -0.39 is 0 Å². The first-order valence-electron chi connectivity index (χ1n) is 16.9. The number of rotatable bonds is 5. The van der Waals surface area contributed by atoms with E-state index in [1.807, 2.05) is 23.5 Å². The molecule has 0 saturated heterocycles. The molecular formula is C46H28Cl2N2S. The summed E-state index contributed by atoms with van der Waals surface area (Å²) in [6.45, 7) is 0. The molecule has 0 saturated carbocycles. The van der Waals surface area contributed by atoms with E-state index in [0.29, 0.717) is 10.0 Å². The molecule has 0 radical (unpaired) electrons. The van der Waals surface area contributed by atoms with Crippen molar-refractivity contribution in [3.05, 3.63) is 180 Å². The number of hydrogen-bond donors (Lipinski definition) is 0. The molecule has 2 aromatic heterocycles. The van der Waals surface area contributed by atoms with Crippen molar-refractivity contribution in [2.45, 2.75) is 0 Å². The minimum absolute atomic E-state index is 0.617. The number of aromatic nitrogens is 1. The molecule has 0 N–H and O–H groups in total. The second kappa shape index (κ2) is 12.0. The predicted octanol–water partition coefficient (Wildman–Crippen LogP) is 14.7. The smallest absolute Gasteiger partial charge is 0.0561 e. The molecule has 0 unspecified atom stereocenters. The third-order valence-electron chi connectivity index (χ3n) is 9.87. The zero-order chi connectivity index (χ0) is 34.1. The van der Waals surface area contributed by atoms with Crippen molar-refractivity contribution in [3.8, 4) is 16.8 Å². The van der Waals surface area contributed by atoms with Crippen molar-refractivity contribution in [2.75, 3.05) is 4.90 Å². The van der Waals surface area contributed by atoms with Gasteiger partial charge >= 0.3 is 0 Å². The van der Waals surface area contributed by atoms with Crippen molar-refractivity contribution < 1.29 is 0 Å². The summed E-state index contributed by atoms with van der Waals surface area (Å²) in [5.41, 5.74) is 8.80. The van der Waals surface area contributed by atoms with Crippen molar-refractivity contribution in [2.24, 2.45) is 0 Å². The van der Waals surface area contributed by atoms with Gasteiger partial charge in [0.25, 0.3) is 0 Å². The second-order valence-corrected chi connectivity index (χ2v) is 14.8. The molecule has 51 heavy (non-hydrogen) atoms. The van der Waals surface area contributed by atoms with Crippen molar-refractivity contribution >= 4 is 104 Å². The molecule has 8 aromatic carbocycles. The first-order valence-corrected chi connectivity index (χ1v) is 18.5. The lowest BCUT2D eigenvalue weighted by molar-refractivity contribution is 1.18. The average molecular weight is 712 g/mol. The van der Waals surface area contributed by atoms with Gasteiger partial charge in [-0.3, -0.25) is 0 Å². The van der Waals surface area contributed by atoms with E-state index in [1.165, 1.54) is 36.5 Å². The van der Waals surface area contributed by atoms with Crippen LogP contribution < -0.4 is 4.90 Å². The fourth-order valence-corrected chi connectivity index (χ4v) is 9.34. The summed E-state index contributed by atoms with van der Waals surface area (Å²) in [7, 11) is 0. The van der Waals surface area contributed by atoms with Gasteiger partial charge in [-0.2, -0.15) is 0 Å². The van der Waals surface area contributed by atoms with Gasteiger partial charge in [-0.1, -0.05) is 120 Å². The van der Waals surface area contributed by atoms with E-state index in [1.54, 1.807) is 6.07 Å². The van der Waals surface area contributed by atoms with Gasteiger partial charge in [-0.15, -0.1) is 11.3 Å². The van der Waals surface area contributed by atoms with Crippen LogP contribution in [0.25, 0.3) is 69.6 Å². The van der Waals surface area contributed by atoms with Crippen LogP contribution in [0.5, 0.6) is 0 Å². The van der Waals surface area contributed by atoms with Gasteiger partial charge in [0, 0.05) is 63.4 Å². The van der Waals surface area contributed by atoms with Crippen LogP contribution in [0.15, 0.2) is 170 Å². The Hall–Kier alpha value is -5.58. The standard InChI is InChI=1S/C46H28Cl2N2S/c47-30-24-29(25-31(48)26-30)35-22-23-43(37-13-5-4-12-36(35)37)49(34-19-21-41-40-15-7-9-17-45(40)51-46(41)28-34)33-18-20-39-38-14-6-8-16-42(38)50(44(39)27-33)32-10-2-1-3-11-32/h1-28H. The lowest BCUT2D eigenvalue weighted by Crippen LogP contribution is -2.11. The summed E-state index contributed by atoms with van der Waals surface area (Å²) < 4.78 is 4.93. The Kier molecular flexibility index (Phi) is 7.14. The van der Waals surface area contributed by atoms with E-state index in [4.69, 9.17) is 23.2 Å². The van der Waals surface area contributed by atoms with Crippen LogP contribution in [0.4, 0.5) is 17.1 Å². The van der Waals surface area contributed by atoms with Crippen LogP contribution in [-0.2, 0) is 0 Å². The van der Waals surface area contributed by atoms with E-state index in [2.05, 4.69) is 161 Å². The molecule has 10 aromatic rings. The topological polar surface area (TPSA) is 8.17 Å². The highest BCUT2D eigenvalue weighted by molar-refractivity contribution is 7.25. The number of para-hydroxylation sites is 2. The van der Waals surface area contributed by atoms with Crippen LogP contribution in [0.2, 0.25) is 10.0 Å². The Balaban J connectivity index is 1.26. The van der Waals surface area contributed by atoms with E-state index in [9.17, 15) is 0 Å². The van der Waals surface area contributed by atoms with Crippen molar-refractivity contribution in [3.63, 3.8) is 0 Å². The van der Waals surface area contributed by atoms with Crippen LogP contribution in [-0.4, -0.2) is 4.57 Å². The molecule has 2 heterocycles. The molecule has 0 atom stereocenters. The summed E-state index contributed by atoms with van der Waals surface area (Å²) in [6, 6.07) is 60.5. The Bertz CT molecular complexity index is 2940. The van der Waals surface area contributed by atoms with Crippen molar-refractivity contribution in [1.82, 2.24) is 4.57 Å². The number of anilines is 3. The number of fused-ring (bicyclic) bond motifs is 7. The van der Waals surface area contributed by atoms with Gasteiger partial charge in [-0.05, 0) is 89.3 Å². The van der Waals surface area contributed by atoms with Crippen molar-refractivity contribution in [1.29, 1.82) is 0 Å². The molecular weight excluding hydrogens is 683 g/mol. The molecule has 0 bridgehead atoms. The minimum Gasteiger partial charge on any atom is -0.310 e. The molecule has 2 nitrogen and oxygen atoms in total. The normalized spacial score (nSPS) is 11.7. The highest BCUT2D eigenvalue weighted by atomic mass is 35.5. The minimum atomic E-state index is 0.617. The number of nitrogens with zero attached hydrogens (tertiary/aromatic N) is 2. The fourth-order valence-electron chi connectivity index (χ4n) is 7.67. The lowest BCUT2D eigenvalue weighted by atomic mass is 9.96. The van der Waals surface area contributed by atoms with Gasteiger partial charge in [0.1, 0.15) is 0 Å². The first kappa shape index (κ1) is 30.3. The van der Waals surface area contributed by atoms with E-state index >= 15 is 0 Å². The van der Waals surface area contributed by atoms with Gasteiger partial charge in [0.2, 0.25) is 0 Å². The summed E-state index contributed by atoms with van der Waals surface area (Å²) >= 11 is 14.9. The predicted molar refractivity (Wildman–Crippen MR) is 221 cm³/mol. The SMILES string of the molecule is Clc1cc(Cl)cc(-c2ccc(N(c3ccc4c(c3)sc3ccccc34)c3ccc4c5ccccc5n(-c5ccccc5)c4c3)c3ccccc23)c1. The molecule has 5 heteroatoms. The highest BCUT2D eigenvalue weighted by Crippen LogP contribution is 2.46. The number of thiophene rings is 1. The van der Waals surface area contributed by atoms with E-state index in [-0.39, 0.29) is 0 Å². The maximum atomic E-state index is 6.51. The fraction of sp³-hybridized carbons (Fsp3) is 0. The summed E-state index contributed by atoms with van der Waals surface area (Å²) in [5, 5.41) is 8.51. The molecule has 0 aliphatic heterocycles. The second-order valence-electron chi connectivity index (χ2n) is 12.8. The molecule has 0 aliphatic carbocycles. The number of benzene rings is 8. The van der Waals surface area contributed by atoms with Crippen LogP contribution >= 0.6 is 34.5 Å². The lowest BCUT2D eigenvalue weighted by Gasteiger charge is -2.28. The van der Waals surface area contributed by atoms with Gasteiger partial charge in [0.05, 0.1) is 16.7 Å². The zero-order valence-electron chi connectivity index (χ0n) is 27.2. The Morgan fingerprint density at radius 2 is 1.04 bits per heavy atom. The molecule has 0 spiro atoms. The molecule has 0 fully saturated rings. The zero-order valence-corrected chi connectivity index (χ0v) is 29.6. The van der Waals surface area contributed by atoms with Crippen LogP contribution in [0, 0.1) is 0 Å². The van der Waals surface area contributed by atoms with Gasteiger partial charge in [-0.25, -0.2) is 0 Å². The number of halogens is 2. The summed E-state index contributed by atoms with van der Waals surface area (Å²) in [5.74, 6) is 0. The monoisotopic (exact) mass is 710 g/mol. The van der Waals surface area contributed by atoms with Gasteiger partial charge in [0.15, 0.2) is 0 Å². The summed E-state index contributed by atoms with van der Waals surface area (Å²) in [6.07, 6.45) is 0. The first-order chi connectivity index (χ1) is 25.1. The largest absolute Gasteiger partial charge is 0.310 e. The Morgan fingerprint density at radius 1 is 0.431 bits per heavy atom. The Morgan fingerprint density at radius 3 is 1.84 bits per heavy atom. The third-order valence-corrected chi connectivity index (χ3v) is 11.4. The quantitative estimate of drug-likeness (QED) is 0.173. The van der Waals surface area contributed by atoms with Crippen LogP contribution in [0.3, 0.4) is 0 Å². The summed E-state index contributed by atoms with van der Waals surface area (Å²) in [4.78, 5) is 2.41. The van der Waals surface area contributed by atoms with Crippen LogP contribution in [0.1, 0.15) is 0 Å². The molecule has 242 valence electrons. The molecule has 10 rings (SSSR count). The average Bonchev–Trinajstić information content (AvgIpc) is 3.70. The van der Waals surface area contributed by atoms with E-state index in [0.717, 1.165) is 50.2 Å². The maximum Gasteiger partial charge on any atom is 0.0561 e. The third kappa shape index (κ3) is 5.00. The van der Waals surface area contributed by atoms with Gasteiger partial charge < -0.3 is 9.47 Å².